The van der Waals surface area contributed by atoms with Crippen molar-refractivity contribution in [1.29, 1.82) is 0 Å². The molecule has 1 atom stereocenters. The Balaban J connectivity index is 3.35. The van der Waals surface area contributed by atoms with Crippen molar-refractivity contribution in [3.63, 3.8) is 0 Å². The summed E-state index contributed by atoms with van der Waals surface area (Å²) in [4.78, 5) is 0. The fourth-order valence-corrected chi connectivity index (χ4v) is 1.35. The van der Waals surface area contributed by atoms with Gasteiger partial charge in [-0.2, -0.15) is 0 Å². The summed E-state index contributed by atoms with van der Waals surface area (Å²) < 4.78 is 0. The predicted octanol–water partition coefficient (Wildman–Crippen LogP) is 4.89. The van der Waals surface area contributed by atoms with Gasteiger partial charge < -0.3 is 0 Å². The lowest BCUT2D eigenvalue weighted by Gasteiger charge is -2.03. The third kappa shape index (κ3) is 9.31. The fraction of sp³-hybridized carbons (Fsp3) is 0.571. The van der Waals surface area contributed by atoms with Crippen LogP contribution >= 0.6 is 0 Å². The molecule has 0 fully saturated rings. The summed E-state index contributed by atoms with van der Waals surface area (Å²) in [6.07, 6.45) is 12.5. The van der Waals surface area contributed by atoms with Crippen LogP contribution in [0.4, 0.5) is 0 Å². The van der Waals surface area contributed by atoms with Crippen molar-refractivity contribution >= 4 is 0 Å². The van der Waals surface area contributed by atoms with Crippen molar-refractivity contribution in [1.82, 2.24) is 0 Å². The number of allylic oxidation sites excluding steroid dienone is 4. The second-order valence-electron chi connectivity index (χ2n) is 4.19. The zero-order valence-electron chi connectivity index (χ0n) is 9.76. The van der Waals surface area contributed by atoms with Gasteiger partial charge in [-0.25, -0.2) is 0 Å². The molecular weight excluding hydrogens is 168 g/mol. The van der Waals surface area contributed by atoms with Crippen LogP contribution in [0, 0.1) is 5.92 Å². The molecule has 0 bridgehead atoms. The molecule has 0 heteroatoms. The van der Waals surface area contributed by atoms with Gasteiger partial charge in [0.25, 0.3) is 0 Å². The second-order valence-corrected chi connectivity index (χ2v) is 4.19. The molecule has 0 saturated heterocycles. The summed E-state index contributed by atoms with van der Waals surface area (Å²) in [7, 11) is 0. The normalized spacial score (nSPS) is 13.0. The zero-order valence-corrected chi connectivity index (χ0v) is 9.76. The summed E-state index contributed by atoms with van der Waals surface area (Å²) in [6.45, 7) is 12.0. The highest BCUT2D eigenvalue weighted by Crippen LogP contribution is 2.09. The Morgan fingerprint density at radius 1 is 1.29 bits per heavy atom. The van der Waals surface area contributed by atoms with Gasteiger partial charge in [-0.15, -0.1) is 13.2 Å². The van der Waals surface area contributed by atoms with E-state index in [9.17, 15) is 0 Å². The molecule has 1 unspecified atom stereocenters. The predicted molar refractivity (Wildman–Crippen MR) is 66.4 cm³/mol. The average molecular weight is 192 g/mol. The van der Waals surface area contributed by atoms with Gasteiger partial charge >= 0.3 is 0 Å². The lowest BCUT2D eigenvalue weighted by Crippen LogP contribution is -1.88. The first-order valence-corrected chi connectivity index (χ1v) is 5.57. The molecule has 0 heterocycles. The highest BCUT2D eigenvalue weighted by atomic mass is 14.0. The first-order chi connectivity index (χ1) is 6.66. The Hall–Kier alpha value is -0.780. The van der Waals surface area contributed by atoms with Crippen LogP contribution in [-0.2, 0) is 0 Å². The lowest BCUT2D eigenvalue weighted by molar-refractivity contribution is 0.602. The van der Waals surface area contributed by atoms with E-state index >= 15 is 0 Å². The van der Waals surface area contributed by atoms with Crippen LogP contribution in [0.5, 0.6) is 0 Å². The molecule has 0 aromatic heterocycles. The number of rotatable bonds is 8. The van der Waals surface area contributed by atoms with Crippen molar-refractivity contribution in [2.75, 3.05) is 0 Å². The summed E-state index contributed by atoms with van der Waals surface area (Å²) in [5.74, 6) is 0.741. The van der Waals surface area contributed by atoms with E-state index in [2.05, 4.69) is 39.2 Å². The molecule has 0 radical (unpaired) electrons. The van der Waals surface area contributed by atoms with Gasteiger partial charge in [0.05, 0.1) is 0 Å². The smallest absolute Gasteiger partial charge is 0.0322 e. The molecule has 80 valence electrons. The van der Waals surface area contributed by atoms with E-state index in [1.807, 2.05) is 6.08 Å². The van der Waals surface area contributed by atoms with Gasteiger partial charge in [0, 0.05) is 0 Å². The maximum absolute atomic E-state index is 3.89. The van der Waals surface area contributed by atoms with Crippen molar-refractivity contribution in [2.24, 2.45) is 5.92 Å². The average Bonchev–Trinajstić information content (AvgIpc) is 2.11. The Morgan fingerprint density at radius 2 is 2.00 bits per heavy atom. The third-order valence-corrected chi connectivity index (χ3v) is 2.25. The fourth-order valence-electron chi connectivity index (χ4n) is 1.35. The quantitative estimate of drug-likeness (QED) is 0.379. The van der Waals surface area contributed by atoms with Crippen LogP contribution in [0.3, 0.4) is 0 Å². The van der Waals surface area contributed by atoms with Crippen molar-refractivity contribution < 1.29 is 0 Å². The van der Waals surface area contributed by atoms with E-state index in [4.69, 9.17) is 0 Å². The van der Waals surface area contributed by atoms with Crippen LogP contribution in [0.25, 0.3) is 0 Å². The van der Waals surface area contributed by atoms with E-state index in [0.29, 0.717) is 0 Å². The first-order valence-electron chi connectivity index (χ1n) is 5.57. The third-order valence-electron chi connectivity index (χ3n) is 2.25. The molecule has 0 saturated carbocycles. The molecule has 0 aliphatic heterocycles. The lowest BCUT2D eigenvalue weighted by atomic mass is 10.0. The maximum atomic E-state index is 3.89. The molecule has 0 aromatic rings. The topological polar surface area (TPSA) is 0 Å². The van der Waals surface area contributed by atoms with Crippen LogP contribution in [0.2, 0.25) is 0 Å². The number of unbranched alkanes of at least 4 members (excludes halogenated alkanes) is 1. The van der Waals surface area contributed by atoms with Crippen molar-refractivity contribution in [3.05, 3.63) is 37.0 Å². The molecule has 0 aliphatic rings. The Morgan fingerprint density at radius 3 is 2.57 bits per heavy atom. The van der Waals surface area contributed by atoms with Crippen molar-refractivity contribution in [3.8, 4) is 0 Å². The molecule has 0 N–H and O–H groups in total. The molecule has 0 aromatic carbocycles. The second kappa shape index (κ2) is 8.80. The van der Waals surface area contributed by atoms with Crippen LogP contribution in [0.15, 0.2) is 37.0 Å². The van der Waals surface area contributed by atoms with Crippen molar-refractivity contribution in [2.45, 2.75) is 46.0 Å². The van der Waals surface area contributed by atoms with Gasteiger partial charge in [0.1, 0.15) is 0 Å². The molecule has 0 spiro atoms. The molecule has 0 nitrogen and oxygen atoms in total. The molecule has 0 rings (SSSR count). The van der Waals surface area contributed by atoms with E-state index in [1.54, 1.807) is 0 Å². The first kappa shape index (κ1) is 13.2. The minimum atomic E-state index is 0.741. The highest BCUT2D eigenvalue weighted by Gasteiger charge is 1.94. The number of hydrogen-bond donors (Lipinski definition) is 0. The maximum Gasteiger partial charge on any atom is -0.0322 e. The molecule has 0 amide bonds. The summed E-state index contributed by atoms with van der Waals surface area (Å²) in [5, 5.41) is 0. The van der Waals surface area contributed by atoms with E-state index in [0.717, 1.165) is 18.8 Å². The van der Waals surface area contributed by atoms with E-state index < -0.39 is 0 Å². The molecular formula is C14H24. The Labute approximate surface area is 89.4 Å². The molecule has 0 aliphatic carbocycles. The van der Waals surface area contributed by atoms with Crippen LogP contribution in [-0.4, -0.2) is 0 Å². The SMILES string of the molecule is C=CCC(C)CC=CCCCC(=C)C. The molecule has 14 heavy (non-hydrogen) atoms. The summed E-state index contributed by atoms with van der Waals surface area (Å²) >= 11 is 0. The minimum absolute atomic E-state index is 0.741. The van der Waals surface area contributed by atoms with Gasteiger partial charge in [-0.1, -0.05) is 30.7 Å². The number of hydrogen-bond acceptors (Lipinski definition) is 0. The van der Waals surface area contributed by atoms with Gasteiger partial charge in [0.2, 0.25) is 0 Å². The van der Waals surface area contributed by atoms with Crippen LogP contribution < -0.4 is 0 Å². The van der Waals surface area contributed by atoms with Crippen LogP contribution in [0.1, 0.15) is 46.0 Å². The van der Waals surface area contributed by atoms with E-state index in [1.165, 1.54) is 24.8 Å². The minimum Gasteiger partial charge on any atom is -0.103 e. The summed E-state index contributed by atoms with van der Waals surface area (Å²) in [5.41, 5.74) is 1.29. The summed E-state index contributed by atoms with van der Waals surface area (Å²) in [6, 6.07) is 0. The van der Waals surface area contributed by atoms with Gasteiger partial charge in [0.15, 0.2) is 0 Å². The zero-order chi connectivity index (χ0) is 10.8. The van der Waals surface area contributed by atoms with Gasteiger partial charge in [-0.3, -0.25) is 0 Å². The highest BCUT2D eigenvalue weighted by molar-refractivity contribution is 4.90. The Kier molecular flexibility index (Phi) is 8.31. The monoisotopic (exact) mass is 192 g/mol. The van der Waals surface area contributed by atoms with E-state index in [-0.39, 0.29) is 0 Å². The Bertz CT molecular complexity index is 186. The van der Waals surface area contributed by atoms with Gasteiger partial charge in [-0.05, 0) is 44.9 Å². The standard InChI is InChI=1S/C14H24/c1-5-10-14(4)12-9-7-6-8-11-13(2)3/h5,7,9,14H,1-2,6,8,10-12H2,3-4H3. The largest absolute Gasteiger partial charge is 0.103 e.